The molecule has 0 saturated heterocycles. The lowest BCUT2D eigenvalue weighted by Gasteiger charge is -1.82. The Hall–Kier alpha value is -2.22. The Kier molecular flexibility index (Phi) is 10.1. The zero-order valence-corrected chi connectivity index (χ0v) is 7.01. The van der Waals surface area contributed by atoms with Gasteiger partial charge in [0, 0.05) is 6.57 Å². The van der Waals surface area contributed by atoms with E-state index in [2.05, 4.69) is 18.0 Å². The first kappa shape index (κ1) is 13.4. The quantitative estimate of drug-likeness (QED) is 0.340. The summed E-state index contributed by atoms with van der Waals surface area (Å²) in [4.78, 5) is 0. The summed E-state index contributed by atoms with van der Waals surface area (Å²) in [5, 5.41) is 21.2. The molecule has 5 heteroatoms. The molecule has 0 unspecified atom stereocenters. The minimum absolute atomic E-state index is 0.322. The number of aromatic hydroxyl groups is 1. The molecule has 0 aromatic heterocycles. The molecular formula is C8H12N4O. The van der Waals surface area contributed by atoms with Crippen molar-refractivity contribution in [3.8, 4) is 12.3 Å². The van der Waals surface area contributed by atoms with Crippen LogP contribution in [0.3, 0.4) is 0 Å². The average molecular weight is 180 g/mol. The van der Waals surface area contributed by atoms with Crippen molar-refractivity contribution >= 4 is 5.96 Å². The maximum Gasteiger partial charge on any atom is 0.183 e. The summed E-state index contributed by atoms with van der Waals surface area (Å²) in [6.07, 6.45) is 0. The van der Waals surface area contributed by atoms with Gasteiger partial charge in [-0.3, -0.25) is 5.41 Å². The fourth-order valence-electron chi connectivity index (χ4n) is 0.428. The number of rotatable bonds is 0. The van der Waals surface area contributed by atoms with Gasteiger partial charge in [0.25, 0.3) is 0 Å². The van der Waals surface area contributed by atoms with Gasteiger partial charge in [0.2, 0.25) is 0 Å². The fourth-order valence-corrected chi connectivity index (χ4v) is 0.428. The normalized spacial score (nSPS) is 6.62. The average Bonchev–Trinajstić information content (AvgIpc) is 2.08. The highest BCUT2D eigenvalue weighted by molar-refractivity contribution is 5.71. The molecule has 1 aromatic rings. The van der Waals surface area contributed by atoms with Crippen molar-refractivity contribution in [2.45, 2.75) is 0 Å². The summed E-state index contributed by atoms with van der Waals surface area (Å²) in [6, 6.07) is 8.71. The summed E-state index contributed by atoms with van der Waals surface area (Å²) in [7, 11) is 0. The van der Waals surface area contributed by atoms with E-state index in [1.807, 2.05) is 6.07 Å². The largest absolute Gasteiger partial charge is 0.508 e. The Morgan fingerprint density at radius 3 is 1.69 bits per heavy atom. The first-order chi connectivity index (χ1) is 6.13. The van der Waals surface area contributed by atoms with Gasteiger partial charge in [-0.05, 0) is 12.1 Å². The standard InChI is InChI=1S/C6H6O.CH5N3.CHN/c7-6-4-2-1-3-5-6;2-1(3)4;1-2/h1-5,7H;(H5,2,3,4);1H. The number of phenols is 1. The van der Waals surface area contributed by atoms with Crippen LogP contribution in [0.25, 0.3) is 0 Å². The number of nitrogens with two attached hydrogens (primary N) is 2. The molecule has 0 heterocycles. The summed E-state index contributed by atoms with van der Waals surface area (Å²) in [6.45, 7) is 3.50. The van der Waals surface area contributed by atoms with Crippen LogP contribution in [-0.2, 0) is 0 Å². The van der Waals surface area contributed by atoms with Gasteiger partial charge >= 0.3 is 0 Å². The van der Waals surface area contributed by atoms with Crippen LogP contribution < -0.4 is 11.5 Å². The van der Waals surface area contributed by atoms with Crippen molar-refractivity contribution in [1.82, 2.24) is 0 Å². The molecule has 0 spiro atoms. The van der Waals surface area contributed by atoms with E-state index in [4.69, 9.17) is 15.8 Å². The number of nitrogens with zero attached hydrogens (tertiary/aromatic N) is 1. The predicted molar refractivity (Wildman–Crippen MR) is 50.9 cm³/mol. The number of guanidine groups is 1. The third kappa shape index (κ3) is 17.7. The van der Waals surface area contributed by atoms with Crippen LogP contribution in [0.15, 0.2) is 30.3 Å². The van der Waals surface area contributed by atoms with Gasteiger partial charge in [0.05, 0.1) is 0 Å². The minimum Gasteiger partial charge on any atom is -0.508 e. The molecule has 0 aliphatic carbocycles. The molecule has 1 aromatic carbocycles. The minimum atomic E-state index is -0.333. The summed E-state index contributed by atoms with van der Waals surface area (Å²) < 4.78 is 0. The van der Waals surface area contributed by atoms with E-state index in [0.29, 0.717) is 5.75 Å². The molecule has 70 valence electrons. The molecule has 0 aliphatic heterocycles. The van der Waals surface area contributed by atoms with E-state index >= 15 is 0 Å². The van der Waals surface area contributed by atoms with Crippen LogP contribution >= 0.6 is 0 Å². The second kappa shape index (κ2) is 9.78. The van der Waals surface area contributed by atoms with Gasteiger partial charge in [-0.15, -0.1) is 0 Å². The van der Waals surface area contributed by atoms with Crippen LogP contribution in [0.1, 0.15) is 0 Å². The maximum atomic E-state index is 8.63. The number of nitrogens with one attached hydrogen (secondary N) is 1. The zero-order chi connectivity index (χ0) is 10.7. The number of hydrogen-bond acceptors (Lipinski definition) is 3. The number of benzene rings is 1. The second-order valence-electron chi connectivity index (χ2n) is 1.79. The Labute approximate surface area is 76.7 Å². The first-order valence-corrected chi connectivity index (χ1v) is 3.22. The van der Waals surface area contributed by atoms with Crippen molar-refractivity contribution in [2.75, 3.05) is 0 Å². The fraction of sp³-hybridized carbons (Fsp3) is 0. The van der Waals surface area contributed by atoms with Gasteiger partial charge in [-0.25, -0.2) is 5.26 Å². The summed E-state index contributed by atoms with van der Waals surface area (Å²) >= 11 is 0. The van der Waals surface area contributed by atoms with E-state index in [9.17, 15) is 0 Å². The van der Waals surface area contributed by atoms with E-state index < -0.39 is 0 Å². The van der Waals surface area contributed by atoms with Crippen LogP contribution in [0.2, 0.25) is 0 Å². The van der Waals surface area contributed by atoms with E-state index in [-0.39, 0.29) is 5.96 Å². The van der Waals surface area contributed by atoms with Crippen LogP contribution in [0, 0.1) is 17.2 Å². The van der Waals surface area contributed by atoms with E-state index in [0.717, 1.165) is 0 Å². The zero-order valence-electron chi connectivity index (χ0n) is 7.01. The highest BCUT2D eigenvalue weighted by Crippen LogP contribution is 2.02. The topological polar surface area (TPSA) is 120 Å². The number of phenolic OH excluding ortho intramolecular Hbond substituents is 1. The van der Waals surface area contributed by atoms with E-state index in [1.54, 1.807) is 24.3 Å². The molecule has 0 radical (unpaired) electrons. The molecule has 6 N–H and O–H groups in total. The molecule has 1 rings (SSSR count). The third-order valence-corrected chi connectivity index (χ3v) is 0.756. The lowest BCUT2D eigenvalue weighted by Crippen LogP contribution is -2.20. The predicted octanol–water partition coefficient (Wildman–Crippen LogP) is 0.371. The molecule has 0 saturated carbocycles. The lowest BCUT2D eigenvalue weighted by molar-refractivity contribution is 0.475. The first-order valence-electron chi connectivity index (χ1n) is 3.22. The van der Waals surface area contributed by atoms with Crippen molar-refractivity contribution < 1.29 is 5.11 Å². The number of nitriles is 1. The molecule has 0 aliphatic rings. The highest BCUT2D eigenvalue weighted by atomic mass is 16.3. The molecule has 0 atom stereocenters. The highest BCUT2D eigenvalue weighted by Gasteiger charge is 1.74. The molecule has 13 heavy (non-hydrogen) atoms. The van der Waals surface area contributed by atoms with Crippen molar-refractivity contribution in [2.24, 2.45) is 11.5 Å². The van der Waals surface area contributed by atoms with Gasteiger partial charge in [-0.1, -0.05) is 18.2 Å². The molecule has 0 amide bonds. The Bertz CT molecular complexity index is 241. The van der Waals surface area contributed by atoms with Crippen LogP contribution in [0.5, 0.6) is 5.75 Å². The molecule has 0 bridgehead atoms. The van der Waals surface area contributed by atoms with Crippen molar-refractivity contribution in [3.05, 3.63) is 30.3 Å². The van der Waals surface area contributed by atoms with Gasteiger partial charge in [0.1, 0.15) is 5.75 Å². The van der Waals surface area contributed by atoms with Gasteiger partial charge < -0.3 is 16.6 Å². The number of hydrogen-bond donors (Lipinski definition) is 4. The van der Waals surface area contributed by atoms with Crippen molar-refractivity contribution in [3.63, 3.8) is 0 Å². The summed E-state index contributed by atoms with van der Waals surface area (Å²) in [5.74, 6) is -0.0116. The lowest BCUT2D eigenvalue weighted by atomic mass is 10.3. The van der Waals surface area contributed by atoms with E-state index in [1.165, 1.54) is 0 Å². The van der Waals surface area contributed by atoms with Crippen LogP contribution in [-0.4, -0.2) is 11.1 Å². The molecule has 5 nitrogen and oxygen atoms in total. The Morgan fingerprint density at radius 2 is 1.54 bits per heavy atom. The van der Waals surface area contributed by atoms with Crippen molar-refractivity contribution in [1.29, 1.82) is 10.7 Å². The third-order valence-electron chi connectivity index (χ3n) is 0.756. The maximum absolute atomic E-state index is 8.63. The molecular weight excluding hydrogens is 168 g/mol. The second-order valence-corrected chi connectivity index (χ2v) is 1.79. The monoisotopic (exact) mass is 180 g/mol. The number of para-hydroxylation sites is 1. The molecule has 0 fully saturated rings. The SMILES string of the molecule is C#N.N=C(N)N.Oc1ccccc1. The Balaban J connectivity index is 0. The Morgan fingerprint density at radius 1 is 1.23 bits per heavy atom. The smallest absolute Gasteiger partial charge is 0.183 e. The summed E-state index contributed by atoms with van der Waals surface area (Å²) in [5.41, 5.74) is 8.94. The van der Waals surface area contributed by atoms with Gasteiger partial charge in [-0.2, -0.15) is 0 Å². The van der Waals surface area contributed by atoms with Gasteiger partial charge in [0.15, 0.2) is 5.96 Å². The van der Waals surface area contributed by atoms with Crippen LogP contribution in [0.4, 0.5) is 0 Å².